The lowest BCUT2D eigenvalue weighted by molar-refractivity contribution is -0.123. The van der Waals surface area contributed by atoms with Gasteiger partial charge in [-0.05, 0) is 0 Å². The SMILES string of the molecule is O=C(NCCN1CCSCC1)C1CC(F)(F)CN1. The third kappa shape index (κ3) is 4.07. The number of hydrogen-bond donors (Lipinski definition) is 2. The van der Waals surface area contributed by atoms with E-state index < -0.39 is 18.5 Å². The normalized spacial score (nSPS) is 28.2. The number of rotatable bonds is 4. The maximum absolute atomic E-state index is 12.9. The van der Waals surface area contributed by atoms with Crippen LogP contribution in [0, 0.1) is 0 Å². The Morgan fingerprint density at radius 2 is 2.17 bits per heavy atom. The molecule has 2 aliphatic rings. The number of hydrogen-bond acceptors (Lipinski definition) is 4. The van der Waals surface area contributed by atoms with Crippen LogP contribution in [0.5, 0.6) is 0 Å². The molecular weight excluding hydrogens is 260 g/mol. The van der Waals surface area contributed by atoms with Crippen LogP contribution in [0.3, 0.4) is 0 Å². The van der Waals surface area contributed by atoms with Gasteiger partial charge in [0.05, 0.1) is 12.6 Å². The first-order valence-electron chi connectivity index (χ1n) is 6.26. The summed E-state index contributed by atoms with van der Waals surface area (Å²) in [7, 11) is 0. The van der Waals surface area contributed by atoms with E-state index in [4.69, 9.17) is 0 Å². The summed E-state index contributed by atoms with van der Waals surface area (Å²) < 4.78 is 25.8. The predicted molar refractivity (Wildman–Crippen MR) is 68.1 cm³/mol. The van der Waals surface area contributed by atoms with E-state index in [-0.39, 0.29) is 12.3 Å². The minimum atomic E-state index is -2.74. The molecule has 1 amide bonds. The second kappa shape index (κ2) is 6.16. The lowest BCUT2D eigenvalue weighted by atomic mass is 10.2. The first-order chi connectivity index (χ1) is 8.57. The van der Waals surface area contributed by atoms with E-state index in [0.29, 0.717) is 6.54 Å². The number of nitrogens with one attached hydrogen (secondary N) is 2. The van der Waals surface area contributed by atoms with Crippen LogP contribution < -0.4 is 10.6 Å². The molecular formula is C11H19F2N3OS. The van der Waals surface area contributed by atoms with Crippen molar-refractivity contribution in [3.05, 3.63) is 0 Å². The van der Waals surface area contributed by atoms with E-state index in [1.165, 1.54) is 0 Å². The zero-order chi connectivity index (χ0) is 13.0. The molecule has 2 heterocycles. The number of alkyl halides is 2. The molecule has 2 saturated heterocycles. The number of thioether (sulfide) groups is 1. The average Bonchev–Trinajstić information content (AvgIpc) is 2.71. The number of carbonyl (C=O) groups excluding carboxylic acids is 1. The van der Waals surface area contributed by atoms with Crippen molar-refractivity contribution >= 4 is 17.7 Å². The van der Waals surface area contributed by atoms with Crippen LogP contribution in [0.1, 0.15) is 6.42 Å². The summed E-state index contributed by atoms with van der Waals surface area (Å²) in [5.74, 6) is -0.792. The summed E-state index contributed by atoms with van der Waals surface area (Å²) in [6.45, 7) is 3.03. The molecule has 0 aromatic carbocycles. The van der Waals surface area contributed by atoms with Crippen molar-refractivity contribution in [2.75, 3.05) is 44.2 Å². The third-order valence-electron chi connectivity index (χ3n) is 3.26. The van der Waals surface area contributed by atoms with Crippen LogP contribution in [0.4, 0.5) is 8.78 Å². The fourth-order valence-electron chi connectivity index (χ4n) is 2.19. The molecule has 0 aliphatic carbocycles. The summed E-state index contributed by atoms with van der Waals surface area (Å²) in [5.41, 5.74) is 0. The summed E-state index contributed by atoms with van der Waals surface area (Å²) >= 11 is 1.94. The van der Waals surface area contributed by atoms with Gasteiger partial charge in [0.2, 0.25) is 5.91 Å². The minimum Gasteiger partial charge on any atom is -0.353 e. The lowest BCUT2D eigenvalue weighted by Gasteiger charge is -2.26. The molecule has 7 heteroatoms. The van der Waals surface area contributed by atoms with Crippen LogP contribution in [-0.2, 0) is 4.79 Å². The van der Waals surface area contributed by atoms with Gasteiger partial charge in [-0.15, -0.1) is 0 Å². The fraction of sp³-hybridized carbons (Fsp3) is 0.909. The highest BCUT2D eigenvalue weighted by atomic mass is 32.2. The number of nitrogens with zero attached hydrogens (tertiary/aromatic N) is 1. The van der Waals surface area contributed by atoms with E-state index in [1.54, 1.807) is 0 Å². The van der Waals surface area contributed by atoms with Gasteiger partial charge in [-0.2, -0.15) is 11.8 Å². The molecule has 2 fully saturated rings. The van der Waals surface area contributed by atoms with Crippen molar-refractivity contribution < 1.29 is 13.6 Å². The summed E-state index contributed by atoms with van der Waals surface area (Å²) in [6.07, 6.45) is -0.390. The molecule has 0 bridgehead atoms. The molecule has 0 aromatic rings. The molecule has 1 atom stereocenters. The summed E-state index contributed by atoms with van der Waals surface area (Å²) in [5, 5.41) is 5.28. The minimum absolute atomic E-state index is 0.307. The van der Waals surface area contributed by atoms with Gasteiger partial charge in [0, 0.05) is 44.1 Å². The predicted octanol–water partition coefficient (Wildman–Crippen LogP) is 0.149. The molecule has 18 heavy (non-hydrogen) atoms. The largest absolute Gasteiger partial charge is 0.353 e. The summed E-state index contributed by atoms with van der Waals surface area (Å²) in [4.78, 5) is 13.9. The Morgan fingerprint density at radius 3 is 2.78 bits per heavy atom. The third-order valence-corrected chi connectivity index (χ3v) is 4.20. The molecule has 0 saturated carbocycles. The van der Waals surface area contributed by atoms with Gasteiger partial charge in [-0.3, -0.25) is 15.0 Å². The number of halogens is 2. The monoisotopic (exact) mass is 279 g/mol. The molecule has 1 unspecified atom stereocenters. The topological polar surface area (TPSA) is 44.4 Å². The summed E-state index contributed by atoms with van der Waals surface area (Å²) in [6, 6.07) is -0.739. The van der Waals surface area contributed by atoms with Crippen molar-refractivity contribution in [1.29, 1.82) is 0 Å². The van der Waals surface area contributed by atoms with Crippen molar-refractivity contribution in [3.63, 3.8) is 0 Å². The second-order valence-corrected chi connectivity index (χ2v) is 5.96. The zero-order valence-electron chi connectivity index (χ0n) is 10.3. The van der Waals surface area contributed by atoms with Crippen LogP contribution in [0.15, 0.2) is 0 Å². The Kier molecular flexibility index (Phi) is 4.80. The molecule has 0 spiro atoms. The van der Waals surface area contributed by atoms with Gasteiger partial charge in [-0.25, -0.2) is 8.78 Å². The quantitative estimate of drug-likeness (QED) is 0.769. The van der Waals surface area contributed by atoms with Crippen LogP contribution in [-0.4, -0.2) is 67.0 Å². The van der Waals surface area contributed by atoms with E-state index in [1.807, 2.05) is 11.8 Å². The first kappa shape index (κ1) is 14.0. The standard InChI is InChI=1S/C11H19F2N3OS/c12-11(13)7-9(15-8-11)10(17)14-1-2-16-3-5-18-6-4-16/h9,15H,1-8H2,(H,14,17). The van der Waals surface area contributed by atoms with Gasteiger partial charge in [0.1, 0.15) is 0 Å². The highest BCUT2D eigenvalue weighted by Crippen LogP contribution is 2.24. The highest BCUT2D eigenvalue weighted by molar-refractivity contribution is 7.99. The highest BCUT2D eigenvalue weighted by Gasteiger charge is 2.42. The molecule has 2 N–H and O–H groups in total. The van der Waals surface area contributed by atoms with Gasteiger partial charge < -0.3 is 5.32 Å². The van der Waals surface area contributed by atoms with Gasteiger partial charge >= 0.3 is 0 Å². The van der Waals surface area contributed by atoms with E-state index >= 15 is 0 Å². The van der Waals surface area contributed by atoms with Gasteiger partial charge in [-0.1, -0.05) is 0 Å². The van der Waals surface area contributed by atoms with Crippen LogP contribution >= 0.6 is 11.8 Å². The molecule has 104 valence electrons. The van der Waals surface area contributed by atoms with Crippen LogP contribution in [0.25, 0.3) is 0 Å². The van der Waals surface area contributed by atoms with Crippen molar-refractivity contribution in [2.45, 2.75) is 18.4 Å². The molecule has 2 rings (SSSR count). The number of carbonyl (C=O) groups is 1. The smallest absolute Gasteiger partial charge is 0.262 e. The Balaban J connectivity index is 1.63. The Labute approximate surface area is 110 Å². The van der Waals surface area contributed by atoms with Gasteiger partial charge in [0.25, 0.3) is 5.92 Å². The zero-order valence-corrected chi connectivity index (χ0v) is 11.1. The van der Waals surface area contributed by atoms with E-state index in [2.05, 4.69) is 15.5 Å². The molecule has 2 aliphatic heterocycles. The Hall–Kier alpha value is -0.400. The maximum Gasteiger partial charge on any atom is 0.262 e. The average molecular weight is 279 g/mol. The van der Waals surface area contributed by atoms with E-state index in [0.717, 1.165) is 31.1 Å². The molecule has 0 radical (unpaired) electrons. The maximum atomic E-state index is 12.9. The number of amides is 1. The molecule has 0 aromatic heterocycles. The molecule has 4 nitrogen and oxygen atoms in total. The van der Waals surface area contributed by atoms with Gasteiger partial charge in [0.15, 0.2) is 0 Å². The van der Waals surface area contributed by atoms with Crippen LogP contribution in [0.2, 0.25) is 0 Å². The first-order valence-corrected chi connectivity index (χ1v) is 7.41. The lowest BCUT2D eigenvalue weighted by Crippen LogP contribution is -2.44. The second-order valence-electron chi connectivity index (χ2n) is 4.74. The fourth-order valence-corrected chi connectivity index (χ4v) is 3.16. The Bertz CT molecular complexity index is 298. The van der Waals surface area contributed by atoms with E-state index in [9.17, 15) is 13.6 Å². The Morgan fingerprint density at radius 1 is 1.44 bits per heavy atom. The van der Waals surface area contributed by atoms with Crippen molar-refractivity contribution in [3.8, 4) is 0 Å². The van der Waals surface area contributed by atoms with Crippen molar-refractivity contribution in [2.24, 2.45) is 0 Å². The van der Waals surface area contributed by atoms with Crippen molar-refractivity contribution in [1.82, 2.24) is 15.5 Å².